The molecule has 0 bridgehead atoms. The Hall–Kier alpha value is -2.89. The number of amides is 2. The van der Waals surface area contributed by atoms with E-state index < -0.39 is 0 Å². The van der Waals surface area contributed by atoms with E-state index in [9.17, 15) is 9.59 Å². The number of aryl methyl sites for hydroxylation is 1. The van der Waals surface area contributed by atoms with Crippen LogP contribution >= 0.6 is 0 Å². The number of carbonyl (C=O) groups is 2. The van der Waals surface area contributed by atoms with Crippen LogP contribution in [0.5, 0.6) is 0 Å². The van der Waals surface area contributed by atoms with Crippen LogP contribution in [0.15, 0.2) is 42.6 Å². The fraction of sp³-hybridized carbons (Fsp3) is 0.316. The van der Waals surface area contributed by atoms with Gasteiger partial charge in [0.2, 0.25) is 12.3 Å². The largest absolute Gasteiger partial charge is 0.353 e. The van der Waals surface area contributed by atoms with Crippen molar-refractivity contribution in [3.8, 4) is 0 Å². The maximum Gasteiger partial charge on any atom is 0.228 e. The SMILES string of the molecule is Cc1ccc(CC(=O)Nc2ccc(N3CCN(C=O)CC3)nc2)cc1. The molecule has 2 heterocycles. The number of carbonyl (C=O) groups excluding carboxylic acids is 2. The Bertz CT molecular complexity index is 720. The maximum atomic E-state index is 12.1. The van der Waals surface area contributed by atoms with Gasteiger partial charge in [-0.3, -0.25) is 9.59 Å². The summed E-state index contributed by atoms with van der Waals surface area (Å²) in [5.74, 6) is 0.806. The van der Waals surface area contributed by atoms with Gasteiger partial charge >= 0.3 is 0 Å². The van der Waals surface area contributed by atoms with Crippen LogP contribution in [0.3, 0.4) is 0 Å². The number of benzene rings is 1. The van der Waals surface area contributed by atoms with Crippen molar-refractivity contribution in [3.05, 3.63) is 53.7 Å². The van der Waals surface area contributed by atoms with Crippen molar-refractivity contribution in [2.75, 3.05) is 36.4 Å². The first-order valence-corrected chi connectivity index (χ1v) is 8.40. The van der Waals surface area contributed by atoms with Gasteiger partial charge in [0.25, 0.3) is 0 Å². The van der Waals surface area contributed by atoms with Gasteiger partial charge < -0.3 is 15.1 Å². The van der Waals surface area contributed by atoms with E-state index in [1.54, 1.807) is 11.1 Å². The average molecular weight is 338 g/mol. The summed E-state index contributed by atoms with van der Waals surface area (Å²) in [6, 6.07) is 11.7. The summed E-state index contributed by atoms with van der Waals surface area (Å²) in [5, 5.41) is 2.88. The number of rotatable bonds is 5. The van der Waals surface area contributed by atoms with Crippen LogP contribution in [0, 0.1) is 6.92 Å². The molecule has 1 aromatic heterocycles. The number of pyridine rings is 1. The van der Waals surface area contributed by atoms with E-state index in [0.717, 1.165) is 30.9 Å². The zero-order valence-electron chi connectivity index (χ0n) is 14.3. The first-order valence-electron chi connectivity index (χ1n) is 8.40. The molecule has 1 fully saturated rings. The van der Waals surface area contributed by atoms with E-state index in [2.05, 4.69) is 15.2 Å². The van der Waals surface area contributed by atoms with E-state index in [4.69, 9.17) is 0 Å². The third-order valence-electron chi connectivity index (χ3n) is 4.30. The summed E-state index contributed by atoms with van der Waals surface area (Å²) in [6.45, 7) is 4.98. The van der Waals surface area contributed by atoms with Crippen LogP contribution in [-0.2, 0) is 16.0 Å². The molecule has 1 saturated heterocycles. The molecular formula is C19H22N4O2. The molecule has 0 unspecified atom stereocenters. The minimum Gasteiger partial charge on any atom is -0.353 e. The maximum absolute atomic E-state index is 12.1. The first-order chi connectivity index (χ1) is 12.1. The fourth-order valence-corrected chi connectivity index (χ4v) is 2.80. The predicted octanol–water partition coefficient (Wildman–Crippen LogP) is 1.85. The van der Waals surface area contributed by atoms with Gasteiger partial charge in [0.15, 0.2) is 0 Å². The molecule has 2 aromatic rings. The second-order valence-corrected chi connectivity index (χ2v) is 6.24. The summed E-state index contributed by atoms with van der Waals surface area (Å²) >= 11 is 0. The zero-order chi connectivity index (χ0) is 17.6. The molecule has 6 heteroatoms. The number of hydrogen-bond acceptors (Lipinski definition) is 4. The summed E-state index contributed by atoms with van der Waals surface area (Å²) < 4.78 is 0. The molecule has 6 nitrogen and oxygen atoms in total. The van der Waals surface area contributed by atoms with Gasteiger partial charge in [0.1, 0.15) is 5.82 Å². The predicted molar refractivity (Wildman–Crippen MR) is 97.6 cm³/mol. The lowest BCUT2D eigenvalue weighted by Gasteiger charge is -2.33. The number of nitrogens with zero attached hydrogens (tertiary/aromatic N) is 3. The molecule has 0 spiro atoms. The highest BCUT2D eigenvalue weighted by Gasteiger charge is 2.16. The van der Waals surface area contributed by atoms with Crippen LogP contribution in [0.25, 0.3) is 0 Å². The summed E-state index contributed by atoms with van der Waals surface area (Å²) in [6.07, 6.45) is 2.90. The molecule has 130 valence electrons. The van der Waals surface area contributed by atoms with Crippen LogP contribution in [0.1, 0.15) is 11.1 Å². The van der Waals surface area contributed by atoms with E-state index in [1.165, 1.54) is 5.56 Å². The van der Waals surface area contributed by atoms with Gasteiger partial charge in [-0.05, 0) is 24.6 Å². The van der Waals surface area contributed by atoms with Gasteiger partial charge in [0, 0.05) is 26.2 Å². The van der Waals surface area contributed by atoms with Gasteiger partial charge in [-0.1, -0.05) is 29.8 Å². The minimum absolute atomic E-state index is 0.0574. The molecule has 0 radical (unpaired) electrons. The first kappa shape index (κ1) is 17.0. The fourth-order valence-electron chi connectivity index (χ4n) is 2.80. The van der Waals surface area contributed by atoms with Gasteiger partial charge in [-0.2, -0.15) is 0 Å². The molecule has 25 heavy (non-hydrogen) atoms. The highest BCUT2D eigenvalue weighted by molar-refractivity contribution is 5.92. The lowest BCUT2D eigenvalue weighted by atomic mass is 10.1. The second kappa shape index (κ2) is 7.79. The molecule has 0 aliphatic carbocycles. The van der Waals surface area contributed by atoms with Crippen molar-refractivity contribution < 1.29 is 9.59 Å². The lowest BCUT2D eigenvalue weighted by molar-refractivity contribution is -0.118. The summed E-state index contributed by atoms with van der Waals surface area (Å²) in [5.41, 5.74) is 2.85. The topological polar surface area (TPSA) is 65.5 Å². The molecule has 0 saturated carbocycles. The molecule has 1 N–H and O–H groups in total. The second-order valence-electron chi connectivity index (χ2n) is 6.24. The molecule has 1 aliphatic heterocycles. The Kier molecular flexibility index (Phi) is 5.28. The Morgan fingerprint density at radius 2 is 1.84 bits per heavy atom. The minimum atomic E-state index is -0.0574. The molecular weight excluding hydrogens is 316 g/mol. The number of hydrogen-bond donors (Lipinski definition) is 1. The van der Waals surface area contributed by atoms with Crippen molar-refractivity contribution >= 4 is 23.8 Å². The Morgan fingerprint density at radius 3 is 2.44 bits per heavy atom. The van der Waals surface area contributed by atoms with Crippen molar-refractivity contribution in [1.29, 1.82) is 0 Å². The zero-order valence-corrected chi connectivity index (χ0v) is 14.3. The Morgan fingerprint density at radius 1 is 1.12 bits per heavy atom. The van der Waals surface area contributed by atoms with Crippen LogP contribution in [0.2, 0.25) is 0 Å². The Labute approximate surface area is 147 Å². The Balaban J connectivity index is 1.54. The highest BCUT2D eigenvalue weighted by atomic mass is 16.1. The lowest BCUT2D eigenvalue weighted by Crippen LogP contribution is -2.46. The highest BCUT2D eigenvalue weighted by Crippen LogP contribution is 2.16. The standard InChI is InChI=1S/C19H22N4O2/c1-15-2-4-16(5-3-15)12-19(25)21-17-6-7-18(20-13-17)23-10-8-22(14-24)9-11-23/h2-7,13-14H,8-12H2,1H3,(H,21,25). The van der Waals surface area contributed by atoms with Gasteiger partial charge in [-0.25, -0.2) is 4.98 Å². The van der Waals surface area contributed by atoms with Crippen LogP contribution in [0.4, 0.5) is 11.5 Å². The quantitative estimate of drug-likeness (QED) is 0.845. The van der Waals surface area contributed by atoms with E-state index in [-0.39, 0.29) is 5.91 Å². The van der Waals surface area contributed by atoms with Crippen molar-refractivity contribution in [3.63, 3.8) is 0 Å². The average Bonchev–Trinajstić information content (AvgIpc) is 2.64. The number of anilines is 2. The molecule has 0 atom stereocenters. The number of aromatic nitrogens is 1. The summed E-state index contributed by atoms with van der Waals surface area (Å²) in [7, 11) is 0. The van der Waals surface area contributed by atoms with Gasteiger partial charge in [-0.15, -0.1) is 0 Å². The number of piperazine rings is 1. The van der Waals surface area contributed by atoms with E-state index in [0.29, 0.717) is 25.2 Å². The molecule has 2 amide bonds. The monoisotopic (exact) mass is 338 g/mol. The molecule has 1 aliphatic rings. The normalized spacial score (nSPS) is 14.3. The van der Waals surface area contributed by atoms with Crippen molar-refractivity contribution in [1.82, 2.24) is 9.88 Å². The van der Waals surface area contributed by atoms with Crippen LogP contribution in [-0.4, -0.2) is 48.4 Å². The van der Waals surface area contributed by atoms with E-state index >= 15 is 0 Å². The smallest absolute Gasteiger partial charge is 0.228 e. The van der Waals surface area contributed by atoms with Gasteiger partial charge in [0.05, 0.1) is 18.3 Å². The molecule has 1 aromatic carbocycles. The van der Waals surface area contributed by atoms with Crippen molar-refractivity contribution in [2.24, 2.45) is 0 Å². The molecule has 3 rings (SSSR count). The van der Waals surface area contributed by atoms with Crippen molar-refractivity contribution in [2.45, 2.75) is 13.3 Å². The third-order valence-corrected chi connectivity index (χ3v) is 4.30. The third kappa shape index (κ3) is 4.56. The summed E-state index contributed by atoms with van der Waals surface area (Å²) in [4.78, 5) is 31.2. The van der Waals surface area contributed by atoms with Crippen LogP contribution < -0.4 is 10.2 Å². The number of nitrogens with one attached hydrogen (secondary N) is 1. The van der Waals surface area contributed by atoms with E-state index in [1.807, 2.05) is 43.3 Å².